The maximum absolute atomic E-state index is 14.6. The summed E-state index contributed by atoms with van der Waals surface area (Å²) in [6.07, 6.45) is 5.04. The number of hydrogen-bond acceptors (Lipinski definition) is 5. The number of hydrogen-bond donors (Lipinski definition) is 1. The van der Waals surface area contributed by atoms with Crippen molar-refractivity contribution in [1.29, 1.82) is 0 Å². The maximum atomic E-state index is 14.6. The van der Waals surface area contributed by atoms with Gasteiger partial charge in [-0.1, -0.05) is 18.2 Å². The zero-order valence-corrected chi connectivity index (χ0v) is 20.7. The van der Waals surface area contributed by atoms with Crippen LogP contribution in [0.3, 0.4) is 0 Å². The van der Waals surface area contributed by atoms with Crippen molar-refractivity contribution in [3.8, 4) is 0 Å². The molecule has 38 heavy (non-hydrogen) atoms. The van der Waals surface area contributed by atoms with Gasteiger partial charge in [-0.2, -0.15) is 0 Å². The van der Waals surface area contributed by atoms with Crippen molar-refractivity contribution in [1.82, 2.24) is 14.9 Å². The van der Waals surface area contributed by atoms with E-state index in [4.69, 9.17) is 4.74 Å². The number of benzene rings is 1. The number of primary amides is 1. The predicted molar refractivity (Wildman–Crippen MR) is 134 cm³/mol. The number of anilines is 1. The summed E-state index contributed by atoms with van der Waals surface area (Å²) in [6, 6.07) is 11.6. The standard InChI is InChI=1S/C28H27F2N5O3/c29-21-6-1-5-20(24(21)30)17-8-9-23(25-18(16-17)4-2-12-31-25)38-28(37)34-14-10-19(11-15-34)35-22-7-3-13-32-26(22)33-27(35)36/h1-7,12-13,17,19,23H,8-11,14-16H2,(H,32,33,36)/p+1. The first-order valence-electron chi connectivity index (χ1n) is 13.0. The van der Waals surface area contributed by atoms with Gasteiger partial charge in [-0.25, -0.2) is 28.7 Å². The third-order valence-electron chi connectivity index (χ3n) is 7.80. The number of halogens is 2. The molecular weight excluding hydrogens is 492 g/mol. The number of aromatic nitrogens is 2. The third-order valence-corrected chi connectivity index (χ3v) is 7.80. The molecule has 1 saturated heterocycles. The van der Waals surface area contributed by atoms with Gasteiger partial charge < -0.3 is 9.64 Å². The fraction of sp³-hybridized carbons (Fsp3) is 0.357. The second-order valence-electron chi connectivity index (χ2n) is 10.0. The number of nitrogens with zero attached hydrogens (tertiary/aromatic N) is 4. The molecule has 2 unspecified atom stereocenters. The normalized spacial score (nSPS) is 21.6. The van der Waals surface area contributed by atoms with Crippen molar-refractivity contribution in [3.63, 3.8) is 0 Å². The van der Waals surface area contributed by atoms with E-state index in [1.54, 1.807) is 39.6 Å². The first kappa shape index (κ1) is 24.4. The lowest BCUT2D eigenvalue weighted by Gasteiger charge is -2.35. The summed E-state index contributed by atoms with van der Waals surface area (Å²) in [5, 5.41) is 1.55. The number of urea groups is 1. The van der Waals surface area contributed by atoms with Crippen molar-refractivity contribution >= 4 is 23.6 Å². The highest BCUT2D eigenvalue weighted by Crippen LogP contribution is 2.39. The molecule has 2 N–H and O–H groups in total. The molecule has 1 aromatic carbocycles. The van der Waals surface area contributed by atoms with Crippen LogP contribution in [-0.4, -0.2) is 46.1 Å². The van der Waals surface area contributed by atoms with E-state index in [1.165, 1.54) is 6.07 Å². The largest absolute Gasteiger partial charge is 0.440 e. The molecule has 1 fully saturated rings. The predicted octanol–water partition coefficient (Wildman–Crippen LogP) is 4.35. The van der Waals surface area contributed by atoms with Crippen molar-refractivity contribution in [3.05, 3.63) is 83.3 Å². The van der Waals surface area contributed by atoms with E-state index in [2.05, 4.69) is 9.97 Å². The number of rotatable bonds is 3. The van der Waals surface area contributed by atoms with Gasteiger partial charge in [0.25, 0.3) is 5.82 Å². The Balaban J connectivity index is 1.13. The Bertz CT molecular complexity index is 1380. The van der Waals surface area contributed by atoms with E-state index in [0.717, 1.165) is 17.3 Å². The van der Waals surface area contributed by atoms with Crippen LogP contribution >= 0.6 is 0 Å². The summed E-state index contributed by atoms with van der Waals surface area (Å²) in [6.45, 7) is 0.920. The number of ether oxygens (including phenoxy) is 1. The molecule has 0 radical (unpaired) electrons. The number of amides is 3. The van der Waals surface area contributed by atoms with Crippen LogP contribution < -0.4 is 10.2 Å². The second-order valence-corrected chi connectivity index (χ2v) is 10.0. The second kappa shape index (κ2) is 10.1. The first-order valence-corrected chi connectivity index (χ1v) is 13.0. The Kier molecular flexibility index (Phi) is 6.49. The Morgan fingerprint density at radius 2 is 1.76 bits per heavy atom. The number of carbonyl (C=O) groups is 2. The van der Waals surface area contributed by atoms with Crippen LogP contribution in [0.15, 0.2) is 54.9 Å². The average molecular weight is 521 g/mol. The fourth-order valence-electron chi connectivity index (χ4n) is 5.89. The molecule has 2 aliphatic heterocycles. The quantitative estimate of drug-likeness (QED) is 0.519. The van der Waals surface area contributed by atoms with Gasteiger partial charge in [0.15, 0.2) is 11.6 Å². The van der Waals surface area contributed by atoms with Gasteiger partial charge in [-0.05, 0) is 73.4 Å². The molecule has 4 heterocycles. The van der Waals surface area contributed by atoms with Crippen molar-refractivity contribution < 1.29 is 28.4 Å². The number of pyridine rings is 2. The van der Waals surface area contributed by atoms with E-state index < -0.39 is 23.8 Å². The lowest BCUT2D eigenvalue weighted by atomic mass is 9.90. The summed E-state index contributed by atoms with van der Waals surface area (Å²) < 4.78 is 34.5. The number of likely N-dealkylation sites (tertiary alicyclic amines) is 1. The highest BCUT2D eigenvalue weighted by atomic mass is 19.2. The van der Waals surface area contributed by atoms with Crippen LogP contribution in [0, 0.1) is 11.6 Å². The fourth-order valence-corrected chi connectivity index (χ4v) is 5.89. The summed E-state index contributed by atoms with van der Waals surface area (Å²) in [5.41, 5.74) is 2.67. The molecule has 0 saturated carbocycles. The number of fused-ring (bicyclic) bond motifs is 2. The average Bonchev–Trinajstić information content (AvgIpc) is 3.16. The molecule has 10 heteroatoms. The van der Waals surface area contributed by atoms with E-state index in [-0.39, 0.29) is 18.0 Å². The number of quaternary nitrogens is 1. The molecular formula is C28H28F2N5O3+. The molecule has 3 aliphatic rings. The van der Waals surface area contributed by atoms with Crippen LogP contribution in [0.2, 0.25) is 0 Å². The van der Waals surface area contributed by atoms with E-state index >= 15 is 0 Å². The summed E-state index contributed by atoms with van der Waals surface area (Å²) in [4.78, 5) is 38.0. The molecule has 1 aliphatic carbocycles. The molecule has 2 aromatic heterocycles. The summed E-state index contributed by atoms with van der Waals surface area (Å²) in [5.74, 6) is -1.26. The monoisotopic (exact) mass is 520 g/mol. The summed E-state index contributed by atoms with van der Waals surface area (Å²) >= 11 is 0. The van der Waals surface area contributed by atoms with Gasteiger partial charge in [0.2, 0.25) is 0 Å². The third kappa shape index (κ3) is 4.49. The molecule has 2 atom stereocenters. The minimum Gasteiger partial charge on any atom is -0.440 e. The van der Waals surface area contributed by atoms with Gasteiger partial charge in [0, 0.05) is 31.5 Å². The number of nitrogens with two attached hydrogens (primary N) is 1. The lowest BCUT2D eigenvalue weighted by molar-refractivity contribution is -0.459. The lowest BCUT2D eigenvalue weighted by Crippen LogP contribution is -2.83. The van der Waals surface area contributed by atoms with Gasteiger partial charge in [0.1, 0.15) is 11.8 Å². The van der Waals surface area contributed by atoms with Crippen LogP contribution in [-0.2, 0) is 11.2 Å². The van der Waals surface area contributed by atoms with Crippen LogP contribution in [0.4, 0.5) is 29.9 Å². The van der Waals surface area contributed by atoms with Crippen LogP contribution in [0.25, 0.3) is 0 Å². The zero-order valence-electron chi connectivity index (χ0n) is 20.7. The van der Waals surface area contributed by atoms with Crippen LogP contribution in [0.5, 0.6) is 0 Å². The molecule has 6 rings (SSSR count). The molecule has 8 nitrogen and oxygen atoms in total. The Hall–Kier alpha value is -3.92. The first-order chi connectivity index (χ1) is 18.5. The van der Waals surface area contributed by atoms with Gasteiger partial charge in [0.05, 0.1) is 5.69 Å². The number of carbonyl (C=O) groups excluding carboxylic acids is 2. The Morgan fingerprint density at radius 1 is 0.974 bits per heavy atom. The Morgan fingerprint density at radius 3 is 2.61 bits per heavy atom. The molecule has 0 spiro atoms. The number of piperidine rings is 1. The highest BCUT2D eigenvalue weighted by Gasteiger charge is 2.40. The van der Waals surface area contributed by atoms with Gasteiger partial charge >= 0.3 is 12.1 Å². The van der Waals surface area contributed by atoms with Gasteiger partial charge in [-0.3, -0.25) is 9.88 Å². The minimum absolute atomic E-state index is 0.0181. The van der Waals surface area contributed by atoms with Crippen LogP contribution in [0.1, 0.15) is 54.5 Å². The highest BCUT2D eigenvalue weighted by molar-refractivity contribution is 5.94. The van der Waals surface area contributed by atoms with Crippen molar-refractivity contribution in [2.45, 2.75) is 50.2 Å². The molecule has 196 valence electrons. The molecule has 3 aromatic rings. The SMILES string of the molecule is O=C(OC1CCC(c2cccc(F)c2F)Cc2cccnc21)N1CCC(N2C(=O)[NH2+]c3ncccc32)CC1. The molecule has 3 amide bonds. The van der Waals surface area contributed by atoms with E-state index in [1.807, 2.05) is 18.2 Å². The van der Waals surface area contributed by atoms with Gasteiger partial charge in [-0.15, -0.1) is 0 Å². The smallest absolute Gasteiger partial charge is 0.427 e. The Labute approximate surface area is 218 Å². The van der Waals surface area contributed by atoms with E-state index in [9.17, 15) is 18.4 Å². The summed E-state index contributed by atoms with van der Waals surface area (Å²) in [7, 11) is 0. The molecule has 0 bridgehead atoms. The zero-order chi connectivity index (χ0) is 26.2. The van der Waals surface area contributed by atoms with E-state index in [0.29, 0.717) is 62.3 Å². The topological polar surface area (TPSA) is 92.2 Å². The maximum Gasteiger partial charge on any atom is 0.427 e. The van der Waals surface area contributed by atoms with Crippen molar-refractivity contribution in [2.24, 2.45) is 0 Å². The van der Waals surface area contributed by atoms with Crippen molar-refractivity contribution in [2.75, 3.05) is 18.0 Å². The minimum atomic E-state index is -0.863.